The normalized spacial score (nSPS) is 25.4. The summed E-state index contributed by atoms with van der Waals surface area (Å²) in [7, 11) is 1.42. The number of hydrogen-bond donors (Lipinski definition) is 3. The van der Waals surface area contributed by atoms with E-state index in [9.17, 15) is 19.2 Å². The Morgan fingerprint density at radius 1 is 1.07 bits per heavy atom. The van der Waals surface area contributed by atoms with Crippen LogP contribution in [0.15, 0.2) is 0 Å². The second kappa shape index (κ2) is 10.6. The molecule has 1 aliphatic carbocycles. The third kappa shape index (κ3) is 5.62. The topological polar surface area (TPSA) is 120 Å². The van der Waals surface area contributed by atoms with Crippen molar-refractivity contribution in [2.45, 2.75) is 63.1 Å². The molecule has 2 saturated heterocycles. The Labute approximate surface area is 177 Å². The Morgan fingerprint density at radius 2 is 1.83 bits per heavy atom. The third-order valence-corrected chi connectivity index (χ3v) is 6.09. The number of rotatable bonds is 5. The molecule has 30 heavy (non-hydrogen) atoms. The summed E-state index contributed by atoms with van der Waals surface area (Å²) >= 11 is 0. The molecule has 3 rings (SSSR count). The summed E-state index contributed by atoms with van der Waals surface area (Å²) in [5.41, 5.74) is 0. The maximum atomic E-state index is 13.0. The van der Waals surface area contributed by atoms with Crippen LogP contribution in [-0.4, -0.2) is 91.6 Å². The van der Waals surface area contributed by atoms with E-state index in [0.29, 0.717) is 19.5 Å². The number of amides is 5. The quantitative estimate of drug-likeness (QED) is 0.555. The molecular formula is C20H33N5O5. The average Bonchev–Trinajstić information content (AvgIpc) is 2.75. The number of ether oxygens (including phenoxy) is 1. The zero-order valence-corrected chi connectivity index (χ0v) is 17.7. The lowest BCUT2D eigenvalue weighted by atomic mass is 9.96. The molecule has 2 unspecified atom stereocenters. The van der Waals surface area contributed by atoms with Crippen LogP contribution in [0.4, 0.5) is 4.79 Å². The molecule has 5 amide bonds. The highest BCUT2D eigenvalue weighted by atomic mass is 16.5. The van der Waals surface area contributed by atoms with Gasteiger partial charge >= 0.3 is 6.03 Å². The molecule has 0 spiro atoms. The lowest BCUT2D eigenvalue weighted by Crippen LogP contribution is -2.65. The standard InChI is InChI=1S/C20H33N5O5/c1-30-13-17(26)25-11-10-24(20(29)22-14-6-3-2-4-7-14)12-16(25)19(28)23-15-8-5-9-21-18(15)27/h14-16H,2-13H2,1H3,(H,21,27)(H,22,29)(H,23,28). The number of nitrogens with zero attached hydrogens (tertiary/aromatic N) is 2. The second-order valence-corrected chi connectivity index (χ2v) is 8.26. The van der Waals surface area contributed by atoms with Crippen molar-refractivity contribution in [3.63, 3.8) is 0 Å². The Balaban J connectivity index is 1.65. The number of piperidine rings is 1. The first-order valence-electron chi connectivity index (χ1n) is 10.9. The zero-order valence-electron chi connectivity index (χ0n) is 17.7. The molecule has 0 aromatic heterocycles. The predicted molar refractivity (Wildman–Crippen MR) is 109 cm³/mol. The average molecular weight is 424 g/mol. The fourth-order valence-corrected chi connectivity index (χ4v) is 4.39. The minimum absolute atomic E-state index is 0.0914. The van der Waals surface area contributed by atoms with Gasteiger partial charge in [-0.15, -0.1) is 0 Å². The van der Waals surface area contributed by atoms with Crippen molar-refractivity contribution >= 4 is 23.8 Å². The highest BCUT2D eigenvalue weighted by Crippen LogP contribution is 2.18. The molecular weight excluding hydrogens is 390 g/mol. The minimum atomic E-state index is -0.853. The highest BCUT2D eigenvalue weighted by Gasteiger charge is 2.38. The Bertz CT molecular complexity index is 651. The Morgan fingerprint density at radius 3 is 2.53 bits per heavy atom. The number of hydrogen-bond acceptors (Lipinski definition) is 5. The van der Waals surface area contributed by atoms with Crippen LogP contribution in [0.5, 0.6) is 0 Å². The Kier molecular flexibility index (Phi) is 7.89. The largest absolute Gasteiger partial charge is 0.375 e. The van der Waals surface area contributed by atoms with Gasteiger partial charge in [-0.1, -0.05) is 19.3 Å². The summed E-state index contributed by atoms with van der Waals surface area (Å²) in [5, 5.41) is 8.57. The molecule has 3 aliphatic rings. The molecule has 2 aliphatic heterocycles. The lowest BCUT2D eigenvalue weighted by Gasteiger charge is -2.41. The monoisotopic (exact) mass is 423 g/mol. The third-order valence-electron chi connectivity index (χ3n) is 6.09. The molecule has 0 radical (unpaired) electrons. The maximum Gasteiger partial charge on any atom is 0.317 e. The summed E-state index contributed by atoms with van der Waals surface area (Å²) in [6, 6.07) is -1.50. The predicted octanol–water partition coefficient (Wildman–Crippen LogP) is -0.417. The number of piperazine rings is 1. The number of nitrogens with one attached hydrogen (secondary N) is 3. The van der Waals surface area contributed by atoms with Crippen LogP contribution in [0, 0.1) is 0 Å². The zero-order chi connectivity index (χ0) is 21.5. The van der Waals surface area contributed by atoms with Crippen molar-refractivity contribution in [3.05, 3.63) is 0 Å². The van der Waals surface area contributed by atoms with Crippen LogP contribution in [0.1, 0.15) is 44.9 Å². The van der Waals surface area contributed by atoms with Gasteiger partial charge in [0.25, 0.3) is 0 Å². The van der Waals surface area contributed by atoms with E-state index < -0.39 is 18.0 Å². The number of carbonyl (C=O) groups is 4. The summed E-state index contributed by atoms with van der Waals surface area (Å²) in [5.74, 6) is -0.943. The van der Waals surface area contributed by atoms with E-state index in [0.717, 1.165) is 32.1 Å². The summed E-state index contributed by atoms with van der Waals surface area (Å²) in [6.45, 7) is 1.15. The number of carbonyl (C=O) groups excluding carboxylic acids is 4. The minimum Gasteiger partial charge on any atom is -0.375 e. The van der Waals surface area contributed by atoms with Crippen LogP contribution < -0.4 is 16.0 Å². The van der Waals surface area contributed by atoms with Crippen molar-refractivity contribution in [2.75, 3.05) is 39.9 Å². The molecule has 2 atom stereocenters. The van der Waals surface area contributed by atoms with E-state index in [1.165, 1.54) is 18.4 Å². The van der Waals surface area contributed by atoms with Gasteiger partial charge in [-0.3, -0.25) is 14.4 Å². The van der Waals surface area contributed by atoms with Crippen molar-refractivity contribution in [3.8, 4) is 0 Å². The molecule has 10 nitrogen and oxygen atoms in total. The lowest BCUT2D eigenvalue weighted by molar-refractivity contribution is -0.146. The van der Waals surface area contributed by atoms with Gasteiger partial charge in [-0.2, -0.15) is 0 Å². The van der Waals surface area contributed by atoms with Crippen molar-refractivity contribution in [1.29, 1.82) is 0 Å². The molecule has 1 saturated carbocycles. The highest BCUT2D eigenvalue weighted by molar-refractivity contribution is 5.93. The molecule has 0 bridgehead atoms. The fourth-order valence-electron chi connectivity index (χ4n) is 4.39. The second-order valence-electron chi connectivity index (χ2n) is 8.26. The van der Waals surface area contributed by atoms with Gasteiger partial charge in [0.1, 0.15) is 18.7 Å². The van der Waals surface area contributed by atoms with Crippen LogP contribution in [-0.2, 0) is 19.1 Å². The number of urea groups is 1. The van der Waals surface area contributed by atoms with E-state index in [-0.39, 0.29) is 43.6 Å². The first-order valence-corrected chi connectivity index (χ1v) is 10.9. The SMILES string of the molecule is COCC(=O)N1CCN(C(=O)NC2CCCCC2)CC1C(=O)NC1CCCNC1=O. The Hall–Kier alpha value is -2.36. The van der Waals surface area contributed by atoms with Gasteiger partial charge in [-0.25, -0.2) is 4.79 Å². The van der Waals surface area contributed by atoms with Gasteiger partial charge in [0.05, 0.1) is 6.54 Å². The van der Waals surface area contributed by atoms with E-state index in [2.05, 4.69) is 16.0 Å². The van der Waals surface area contributed by atoms with Crippen LogP contribution >= 0.6 is 0 Å². The van der Waals surface area contributed by atoms with Gasteiger partial charge in [0.2, 0.25) is 17.7 Å². The summed E-state index contributed by atoms with van der Waals surface area (Å²) in [6.07, 6.45) is 6.70. The molecule has 168 valence electrons. The molecule has 3 fully saturated rings. The van der Waals surface area contributed by atoms with E-state index >= 15 is 0 Å². The van der Waals surface area contributed by atoms with Gasteiger partial charge < -0.3 is 30.5 Å². The maximum absolute atomic E-state index is 13.0. The first-order chi connectivity index (χ1) is 14.5. The van der Waals surface area contributed by atoms with E-state index in [1.807, 2.05) is 0 Å². The number of methoxy groups -OCH3 is 1. The smallest absolute Gasteiger partial charge is 0.317 e. The molecule has 3 N–H and O–H groups in total. The first kappa shape index (κ1) is 22.3. The van der Waals surface area contributed by atoms with E-state index in [1.54, 1.807) is 4.90 Å². The van der Waals surface area contributed by atoms with E-state index in [4.69, 9.17) is 4.74 Å². The van der Waals surface area contributed by atoms with Gasteiger partial charge in [0.15, 0.2) is 0 Å². The molecule has 0 aromatic rings. The van der Waals surface area contributed by atoms with Crippen molar-refractivity contribution < 1.29 is 23.9 Å². The summed E-state index contributed by atoms with van der Waals surface area (Å²) < 4.78 is 4.95. The summed E-state index contributed by atoms with van der Waals surface area (Å²) in [4.78, 5) is 53.3. The molecule has 2 heterocycles. The van der Waals surface area contributed by atoms with Crippen molar-refractivity contribution in [2.24, 2.45) is 0 Å². The molecule has 0 aromatic carbocycles. The molecule has 10 heteroatoms. The van der Waals surface area contributed by atoms with Gasteiger partial charge in [-0.05, 0) is 25.7 Å². The van der Waals surface area contributed by atoms with Crippen molar-refractivity contribution in [1.82, 2.24) is 25.8 Å². The van der Waals surface area contributed by atoms with Crippen LogP contribution in [0.2, 0.25) is 0 Å². The van der Waals surface area contributed by atoms with Gasteiger partial charge in [0, 0.05) is 32.8 Å². The van der Waals surface area contributed by atoms with Crippen LogP contribution in [0.25, 0.3) is 0 Å². The van der Waals surface area contributed by atoms with Crippen LogP contribution in [0.3, 0.4) is 0 Å². The fraction of sp³-hybridized carbons (Fsp3) is 0.800.